The van der Waals surface area contributed by atoms with E-state index in [1.54, 1.807) is 31.3 Å². The molecule has 1 aromatic carbocycles. The second-order valence-electron chi connectivity index (χ2n) is 4.02. The van der Waals surface area contributed by atoms with Crippen molar-refractivity contribution in [2.45, 2.75) is 0 Å². The second-order valence-corrected chi connectivity index (χ2v) is 4.02. The summed E-state index contributed by atoms with van der Waals surface area (Å²) in [4.78, 5) is 13.3. The van der Waals surface area contributed by atoms with Gasteiger partial charge in [0.15, 0.2) is 11.6 Å². The fraction of sp³-hybridized carbons (Fsp3) is 0.214. The molecule has 4 nitrogen and oxygen atoms in total. The minimum Gasteiger partial charge on any atom is -0.489 e. The Morgan fingerprint density at radius 1 is 1.37 bits per heavy atom. The molecule has 1 heterocycles. The summed E-state index contributed by atoms with van der Waals surface area (Å²) < 4.78 is 23.4. The molecule has 100 valence electrons. The van der Waals surface area contributed by atoms with Crippen LogP contribution >= 0.6 is 0 Å². The molecule has 0 aliphatic heterocycles. The van der Waals surface area contributed by atoms with Crippen molar-refractivity contribution in [3.8, 4) is 5.75 Å². The van der Waals surface area contributed by atoms with Crippen molar-refractivity contribution in [1.29, 1.82) is 0 Å². The largest absolute Gasteiger partial charge is 0.489 e. The number of furan rings is 1. The maximum absolute atomic E-state index is 13.3. The summed E-state index contributed by atoms with van der Waals surface area (Å²) >= 11 is 0. The summed E-state index contributed by atoms with van der Waals surface area (Å²) in [6.45, 7) is 0.583. The van der Waals surface area contributed by atoms with Crippen LogP contribution in [0.25, 0.3) is 0 Å². The van der Waals surface area contributed by atoms with Crippen molar-refractivity contribution in [1.82, 2.24) is 4.90 Å². The fourth-order valence-electron chi connectivity index (χ4n) is 1.56. The molecular weight excluding hydrogens is 249 g/mol. The third-order valence-corrected chi connectivity index (χ3v) is 2.64. The predicted octanol–water partition coefficient (Wildman–Crippen LogP) is 2.57. The smallest absolute Gasteiger partial charge is 0.256 e. The Morgan fingerprint density at radius 3 is 2.84 bits per heavy atom. The highest BCUT2D eigenvalue weighted by Gasteiger charge is 2.12. The lowest BCUT2D eigenvalue weighted by Gasteiger charge is -2.16. The first kappa shape index (κ1) is 13.1. The van der Waals surface area contributed by atoms with E-state index in [2.05, 4.69) is 0 Å². The Morgan fingerprint density at radius 2 is 2.16 bits per heavy atom. The van der Waals surface area contributed by atoms with Gasteiger partial charge >= 0.3 is 0 Å². The van der Waals surface area contributed by atoms with E-state index in [1.165, 1.54) is 23.5 Å². The Hall–Kier alpha value is -2.30. The number of carbonyl (C=O) groups excluding carboxylic acids is 1. The fourth-order valence-corrected chi connectivity index (χ4v) is 1.56. The monoisotopic (exact) mass is 263 g/mol. The second kappa shape index (κ2) is 6.04. The molecule has 0 radical (unpaired) electrons. The van der Waals surface area contributed by atoms with Crippen LogP contribution < -0.4 is 4.74 Å². The first-order chi connectivity index (χ1) is 9.18. The minimum absolute atomic E-state index is 0.161. The highest BCUT2D eigenvalue weighted by atomic mass is 19.1. The zero-order valence-corrected chi connectivity index (χ0v) is 10.5. The van der Waals surface area contributed by atoms with Crippen LogP contribution in [0.1, 0.15) is 10.4 Å². The lowest BCUT2D eigenvalue weighted by Crippen LogP contribution is -2.30. The van der Waals surface area contributed by atoms with Gasteiger partial charge in [-0.05, 0) is 18.2 Å². The Bertz CT molecular complexity index is 539. The van der Waals surface area contributed by atoms with E-state index >= 15 is 0 Å². The molecule has 0 spiro atoms. The molecule has 0 bridgehead atoms. The molecule has 2 aromatic rings. The van der Waals surface area contributed by atoms with E-state index in [9.17, 15) is 9.18 Å². The van der Waals surface area contributed by atoms with E-state index in [0.29, 0.717) is 12.1 Å². The van der Waals surface area contributed by atoms with Gasteiger partial charge in [0.1, 0.15) is 12.9 Å². The van der Waals surface area contributed by atoms with Crippen molar-refractivity contribution in [2.75, 3.05) is 20.2 Å². The Balaban J connectivity index is 1.83. The molecule has 1 aromatic heterocycles. The van der Waals surface area contributed by atoms with E-state index in [0.717, 1.165) is 0 Å². The molecule has 0 saturated carbocycles. The summed E-state index contributed by atoms with van der Waals surface area (Å²) in [6.07, 6.45) is 2.83. The molecule has 0 saturated heterocycles. The average molecular weight is 263 g/mol. The minimum atomic E-state index is -0.411. The predicted molar refractivity (Wildman–Crippen MR) is 67.6 cm³/mol. The third kappa shape index (κ3) is 3.34. The first-order valence-corrected chi connectivity index (χ1v) is 5.83. The maximum atomic E-state index is 13.3. The van der Waals surface area contributed by atoms with Gasteiger partial charge in [-0.15, -0.1) is 0 Å². The van der Waals surface area contributed by atoms with Crippen LogP contribution in [0.3, 0.4) is 0 Å². The van der Waals surface area contributed by atoms with Gasteiger partial charge in [0.25, 0.3) is 5.91 Å². The number of amides is 1. The van der Waals surface area contributed by atoms with Gasteiger partial charge in [-0.2, -0.15) is 0 Å². The van der Waals surface area contributed by atoms with E-state index in [-0.39, 0.29) is 18.3 Å². The zero-order chi connectivity index (χ0) is 13.7. The first-order valence-electron chi connectivity index (χ1n) is 5.83. The number of nitrogens with zero attached hydrogens (tertiary/aromatic N) is 1. The molecular formula is C14H14FNO3. The van der Waals surface area contributed by atoms with Crippen LogP contribution in [0.4, 0.5) is 4.39 Å². The molecule has 0 unspecified atom stereocenters. The number of hydrogen-bond acceptors (Lipinski definition) is 3. The lowest BCUT2D eigenvalue weighted by atomic mass is 10.3. The molecule has 0 atom stereocenters. The van der Waals surface area contributed by atoms with E-state index in [1.807, 2.05) is 0 Å². The SMILES string of the molecule is CN(CCOc1ccccc1F)C(=O)c1ccoc1. The Kier molecular flexibility index (Phi) is 4.18. The van der Waals surface area contributed by atoms with Crippen LogP contribution in [-0.4, -0.2) is 31.0 Å². The molecule has 0 aliphatic carbocycles. The number of para-hydroxylation sites is 1. The van der Waals surface area contributed by atoms with Gasteiger partial charge in [0.05, 0.1) is 18.4 Å². The molecule has 1 amide bonds. The van der Waals surface area contributed by atoms with Gasteiger partial charge < -0.3 is 14.1 Å². The molecule has 0 aliphatic rings. The molecule has 19 heavy (non-hydrogen) atoms. The molecule has 5 heteroatoms. The van der Waals surface area contributed by atoms with Gasteiger partial charge in [-0.3, -0.25) is 4.79 Å². The van der Waals surface area contributed by atoms with Gasteiger partial charge in [-0.1, -0.05) is 12.1 Å². The normalized spacial score (nSPS) is 10.2. The number of likely N-dealkylation sites (N-methyl/N-ethyl adjacent to an activating group) is 1. The summed E-state index contributed by atoms with van der Waals surface area (Å²) in [5.41, 5.74) is 0.480. The standard InChI is InChI=1S/C14H14FNO3/c1-16(14(17)11-6-8-18-10-11)7-9-19-13-5-3-2-4-12(13)15/h2-6,8,10H,7,9H2,1H3. The zero-order valence-electron chi connectivity index (χ0n) is 10.5. The Labute approximate surface area is 110 Å². The van der Waals surface area contributed by atoms with Crippen molar-refractivity contribution >= 4 is 5.91 Å². The van der Waals surface area contributed by atoms with Gasteiger partial charge in [-0.25, -0.2) is 4.39 Å². The highest BCUT2D eigenvalue weighted by molar-refractivity contribution is 5.93. The number of rotatable bonds is 5. The van der Waals surface area contributed by atoms with Crippen LogP contribution in [0, 0.1) is 5.82 Å². The summed E-state index contributed by atoms with van der Waals surface area (Å²) in [5, 5.41) is 0. The van der Waals surface area contributed by atoms with Crippen molar-refractivity contribution in [3.63, 3.8) is 0 Å². The quantitative estimate of drug-likeness (QED) is 0.832. The third-order valence-electron chi connectivity index (χ3n) is 2.64. The van der Waals surface area contributed by atoms with Gasteiger partial charge in [0.2, 0.25) is 0 Å². The molecule has 0 fully saturated rings. The summed E-state index contributed by atoms with van der Waals surface area (Å²) in [7, 11) is 1.65. The van der Waals surface area contributed by atoms with E-state index in [4.69, 9.17) is 9.15 Å². The highest BCUT2D eigenvalue weighted by Crippen LogP contribution is 2.15. The van der Waals surface area contributed by atoms with Crippen LogP contribution in [-0.2, 0) is 0 Å². The van der Waals surface area contributed by atoms with E-state index < -0.39 is 5.82 Å². The van der Waals surface area contributed by atoms with Crippen LogP contribution in [0.2, 0.25) is 0 Å². The number of hydrogen-bond donors (Lipinski definition) is 0. The van der Waals surface area contributed by atoms with Gasteiger partial charge in [0, 0.05) is 7.05 Å². The number of carbonyl (C=O) groups is 1. The van der Waals surface area contributed by atoms with Crippen molar-refractivity contribution in [3.05, 3.63) is 54.2 Å². The average Bonchev–Trinajstić information content (AvgIpc) is 2.94. The van der Waals surface area contributed by atoms with Crippen LogP contribution in [0.5, 0.6) is 5.75 Å². The van der Waals surface area contributed by atoms with Crippen LogP contribution in [0.15, 0.2) is 47.3 Å². The topological polar surface area (TPSA) is 42.7 Å². The number of ether oxygens (including phenoxy) is 1. The summed E-state index contributed by atoms with van der Waals surface area (Å²) in [6, 6.07) is 7.76. The number of halogens is 1. The van der Waals surface area contributed by atoms with Crippen molar-refractivity contribution in [2.24, 2.45) is 0 Å². The molecule has 0 N–H and O–H groups in total. The summed E-state index contributed by atoms with van der Waals surface area (Å²) in [5.74, 6) is -0.385. The molecule has 2 rings (SSSR count). The number of benzene rings is 1. The maximum Gasteiger partial charge on any atom is 0.256 e. The van der Waals surface area contributed by atoms with Crippen molar-refractivity contribution < 1.29 is 18.3 Å². The lowest BCUT2D eigenvalue weighted by molar-refractivity contribution is 0.0772.